The molecule has 0 radical (unpaired) electrons. The molecule has 0 N–H and O–H groups in total. The Kier molecular flexibility index (Phi) is 3.75. The van der Waals surface area contributed by atoms with E-state index < -0.39 is 108 Å². The summed E-state index contributed by atoms with van der Waals surface area (Å²) in [5.41, 5.74) is -0.556. The lowest BCUT2D eigenvalue weighted by atomic mass is 10.1. The van der Waals surface area contributed by atoms with Crippen molar-refractivity contribution in [3.05, 3.63) is 194 Å². The van der Waals surface area contributed by atoms with E-state index in [2.05, 4.69) is 0 Å². The third-order valence-corrected chi connectivity index (χ3v) is 9.90. The fraction of sp³-hybridized carbons (Fsp3) is 0. The maximum atomic E-state index is 9.23. The fourth-order valence-corrected chi connectivity index (χ4v) is 7.53. The van der Waals surface area contributed by atoms with Gasteiger partial charge in [0.15, 0.2) is 11.6 Å². The first kappa shape index (κ1) is 17.3. The highest BCUT2D eigenvalue weighted by atomic mass is 15.2. The zero-order chi connectivity index (χ0) is 55.7. The van der Waals surface area contributed by atoms with Crippen LogP contribution in [0.15, 0.2) is 194 Å². The molecule has 12 rings (SSSR count). The number of hydrogen-bond donors (Lipinski definition) is 0. The van der Waals surface area contributed by atoms with Crippen molar-refractivity contribution in [2.75, 3.05) is 0 Å². The highest BCUT2D eigenvalue weighted by molar-refractivity contribution is 6.12. The lowest BCUT2D eigenvalue weighted by molar-refractivity contribution is 0.952. The summed E-state index contributed by atoms with van der Waals surface area (Å²) in [6.45, 7) is 0. The second-order valence-corrected chi connectivity index (χ2v) is 12.9. The molecule has 4 aromatic heterocycles. The summed E-state index contributed by atoms with van der Waals surface area (Å²) >= 11 is 0. The van der Waals surface area contributed by atoms with E-state index in [-0.39, 0.29) is 113 Å². The SMILES string of the molecule is [2H]c1cc([2H])c2c(c1)c1cc([2H])cc([2H])c1n2-c1nc(-c2ccc3c4c([2H])c([2H])c([2H])c([2H])c4n(-c4c([2H])c([2H])c([2H])c([2H])c4[2H])c3c2)nc(-c2ccccc2-n2c3c([2H])c([2H])c([2H])c([2H])c3c3c([2H])c([2H])c([2H])c([2H])c32)n1. The minimum atomic E-state index is -0.721. The molecule has 0 unspecified atom stereocenters. The van der Waals surface area contributed by atoms with E-state index in [1.807, 2.05) is 0 Å². The zero-order valence-electron chi connectivity index (χ0n) is 50.0. The molecule has 12 aromatic rings. The van der Waals surface area contributed by atoms with Crippen molar-refractivity contribution >= 4 is 65.4 Å². The molecule has 0 amide bonds. The minimum Gasteiger partial charge on any atom is -0.309 e. The van der Waals surface area contributed by atoms with E-state index in [0.29, 0.717) is 10.8 Å². The van der Waals surface area contributed by atoms with E-state index >= 15 is 0 Å². The first-order valence-corrected chi connectivity index (χ1v) is 17.5. The molecule has 0 fully saturated rings. The van der Waals surface area contributed by atoms with Crippen LogP contribution in [0.1, 0.15) is 28.8 Å². The Morgan fingerprint density at radius 3 is 1.60 bits per heavy atom. The maximum absolute atomic E-state index is 9.23. The topological polar surface area (TPSA) is 53.5 Å². The van der Waals surface area contributed by atoms with E-state index in [4.69, 9.17) is 38.3 Å². The lowest BCUT2D eigenvalue weighted by Crippen LogP contribution is -2.08. The molecule has 0 atom stereocenters. The van der Waals surface area contributed by atoms with Gasteiger partial charge in [0.05, 0.1) is 67.6 Å². The summed E-state index contributed by atoms with van der Waals surface area (Å²) < 4.78 is 190. The first-order valence-electron chi connectivity index (χ1n) is 28.0. The Balaban J connectivity index is 1.25. The van der Waals surface area contributed by atoms with E-state index in [0.717, 1.165) is 0 Å². The molecule has 0 bridgehead atoms. The smallest absolute Gasteiger partial charge is 0.238 e. The summed E-state index contributed by atoms with van der Waals surface area (Å²) in [4.78, 5) is 14.9. The Hall–Kier alpha value is -7.83. The van der Waals surface area contributed by atoms with Gasteiger partial charge < -0.3 is 9.13 Å². The van der Waals surface area contributed by atoms with Crippen molar-refractivity contribution < 1.29 is 28.8 Å². The highest BCUT2D eigenvalue weighted by Crippen LogP contribution is 2.38. The van der Waals surface area contributed by atoms with Gasteiger partial charge in [0.1, 0.15) is 0 Å². The fourth-order valence-electron chi connectivity index (χ4n) is 7.53. The van der Waals surface area contributed by atoms with Gasteiger partial charge in [0, 0.05) is 49.1 Å². The molecule has 0 spiro atoms. The quantitative estimate of drug-likeness (QED) is 0.176. The van der Waals surface area contributed by atoms with Crippen LogP contribution in [0.3, 0.4) is 0 Å². The molecule has 0 aliphatic rings. The van der Waals surface area contributed by atoms with Crippen molar-refractivity contribution in [1.29, 1.82) is 0 Å². The number of rotatable bonds is 5. The van der Waals surface area contributed by atoms with Crippen molar-refractivity contribution in [3.8, 4) is 40.1 Å². The molecule has 0 saturated heterocycles. The van der Waals surface area contributed by atoms with Crippen LogP contribution in [0, 0.1) is 0 Å². The third kappa shape index (κ3) is 4.74. The van der Waals surface area contributed by atoms with E-state index in [9.17, 15) is 5.48 Å². The molecule has 0 aliphatic heterocycles. The summed E-state index contributed by atoms with van der Waals surface area (Å²) in [6.07, 6.45) is 0. The number of hydrogen-bond acceptors (Lipinski definition) is 3. The summed E-state index contributed by atoms with van der Waals surface area (Å²) in [5, 5.41) is 0.335. The molecule has 8 aromatic carbocycles. The van der Waals surface area contributed by atoms with Crippen LogP contribution < -0.4 is 0 Å². The average Bonchev–Trinajstić information content (AvgIpc) is 4.25. The van der Waals surface area contributed by atoms with Crippen molar-refractivity contribution in [3.63, 3.8) is 0 Å². The molecule has 6 nitrogen and oxygen atoms in total. The van der Waals surface area contributed by atoms with Crippen molar-refractivity contribution in [2.24, 2.45) is 0 Å². The Bertz CT molecular complexity index is 4600. The number of fused-ring (bicyclic) bond motifs is 9. The van der Waals surface area contributed by atoms with Gasteiger partial charge in [-0.25, -0.2) is 4.98 Å². The summed E-state index contributed by atoms with van der Waals surface area (Å²) in [6, 6.07) is 4.95. The van der Waals surface area contributed by atoms with Crippen LogP contribution in [-0.2, 0) is 0 Å². The van der Waals surface area contributed by atoms with Gasteiger partial charge in [-0.2, -0.15) is 9.97 Å². The largest absolute Gasteiger partial charge is 0.309 e. The lowest BCUT2D eigenvalue weighted by Gasteiger charge is -2.15. The Labute approximate surface area is 356 Å². The van der Waals surface area contributed by atoms with Crippen LogP contribution in [-0.4, -0.2) is 28.7 Å². The number of benzene rings is 8. The molecular formula is C51H32N6. The average molecular weight is 750 g/mol. The van der Waals surface area contributed by atoms with Gasteiger partial charge in [0.25, 0.3) is 0 Å². The van der Waals surface area contributed by atoms with Crippen molar-refractivity contribution in [1.82, 2.24) is 28.7 Å². The first-order chi connectivity index (χ1) is 37.0. The summed E-state index contributed by atoms with van der Waals surface area (Å²) in [7, 11) is 0. The number of aromatic nitrogens is 6. The van der Waals surface area contributed by atoms with Gasteiger partial charge in [-0.05, 0) is 60.5 Å². The van der Waals surface area contributed by atoms with Gasteiger partial charge in [-0.3, -0.25) is 4.57 Å². The number of para-hydroxylation sites is 7. The molecule has 4 heterocycles. The zero-order valence-corrected chi connectivity index (χ0v) is 29.0. The van der Waals surface area contributed by atoms with Gasteiger partial charge in [-0.1, -0.05) is 133 Å². The Morgan fingerprint density at radius 2 is 0.912 bits per heavy atom. The van der Waals surface area contributed by atoms with Crippen LogP contribution in [0.25, 0.3) is 106 Å². The Morgan fingerprint density at radius 1 is 0.368 bits per heavy atom. The number of nitrogens with zero attached hydrogens (tertiary/aromatic N) is 6. The van der Waals surface area contributed by atoms with E-state index in [1.165, 1.54) is 62.2 Å². The standard InChI is InChI=1S/C51H32N6/c1-2-16-34(17-3-1)55-42-24-10-4-22-39(42)40-31-30-33(32-48(40)55)49-52-50(54-51(53-49)57-45-27-13-7-20-37(45)38-21-8-14-28-46(38)57)41-23-9-15-29-47(41)56-43-25-11-5-18-35(43)36-19-6-12-26-44(36)56/h1-32H/i1D,2D,3D,4D,5D,6D,7D,8D,10D,11D,12D,16D,17D,18D,19D,22D,24D,25D,26D,27D,28D. The second-order valence-electron chi connectivity index (χ2n) is 12.9. The predicted octanol–water partition coefficient (Wildman–Crippen LogP) is 12.5. The third-order valence-electron chi connectivity index (χ3n) is 9.90. The molecule has 266 valence electrons. The molecule has 6 heteroatoms. The maximum Gasteiger partial charge on any atom is 0.238 e. The second kappa shape index (κ2) is 12.3. The van der Waals surface area contributed by atoms with Crippen LogP contribution in [0.2, 0.25) is 0 Å². The van der Waals surface area contributed by atoms with Gasteiger partial charge in [0.2, 0.25) is 5.95 Å². The normalized spacial score (nSPS) is 17.0. The predicted molar refractivity (Wildman–Crippen MR) is 234 cm³/mol. The highest BCUT2D eigenvalue weighted by Gasteiger charge is 2.22. The van der Waals surface area contributed by atoms with Gasteiger partial charge >= 0.3 is 0 Å². The van der Waals surface area contributed by atoms with Crippen molar-refractivity contribution in [2.45, 2.75) is 0 Å². The van der Waals surface area contributed by atoms with E-state index in [1.54, 1.807) is 18.2 Å². The van der Waals surface area contributed by atoms with Crippen LogP contribution in [0.5, 0.6) is 0 Å². The minimum absolute atomic E-state index is 0.0233. The molecule has 0 aliphatic carbocycles. The van der Waals surface area contributed by atoms with Crippen LogP contribution in [0.4, 0.5) is 0 Å². The summed E-state index contributed by atoms with van der Waals surface area (Å²) in [5.74, 6) is -0.632. The molecular weight excluding hydrogens is 697 g/mol. The monoisotopic (exact) mass is 749 g/mol. The molecule has 0 saturated carbocycles. The van der Waals surface area contributed by atoms with Crippen LogP contribution >= 0.6 is 0 Å². The van der Waals surface area contributed by atoms with Gasteiger partial charge in [-0.15, -0.1) is 0 Å². The molecule has 57 heavy (non-hydrogen) atoms.